The van der Waals surface area contributed by atoms with Crippen molar-refractivity contribution in [1.82, 2.24) is 15.2 Å². The Labute approximate surface area is 128 Å². The highest BCUT2D eigenvalue weighted by atomic mass is 35.5. The number of benzene rings is 1. The fourth-order valence-corrected chi connectivity index (χ4v) is 3.71. The first-order valence-electron chi connectivity index (χ1n) is 6.85. The van der Waals surface area contributed by atoms with Gasteiger partial charge in [0.05, 0.1) is 10.7 Å². The molecule has 1 fully saturated rings. The summed E-state index contributed by atoms with van der Waals surface area (Å²) in [6.07, 6.45) is 1.22. The molecule has 1 aromatic carbocycles. The summed E-state index contributed by atoms with van der Waals surface area (Å²) in [7, 11) is 2.03. The van der Waals surface area contributed by atoms with Gasteiger partial charge in [0.2, 0.25) is 0 Å². The molecule has 1 saturated heterocycles. The summed E-state index contributed by atoms with van der Waals surface area (Å²) < 4.78 is 0. The van der Waals surface area contributed by atoms with Gasteiger partial charge in [-0.2, -0.15) is 0 Å². The molecule has 2 heterocycles. The Bertz CT molecular complexity index is 584. The van der Waals surface area contributed by atoms with E-state index in [1.165, 1.54) is 6.42 Å². The number of nitrogens with one attached hydrogen (secondary N) is 1. The first kappa shape index (κ1) is 14.0. The fraction of sp³-hybridized carbons (Fsp3) is 0.400. The molecule has 5 heteroatoms. The van der Waals surface area contributed by atoms with Crippen LogP contribution in [0.5, 0.6) is 0 Å². The van der Waals surface area contributed by atoms with Crippen LogP contribution in [0.1, 0.15) is 12.1 Å². The van der Waals surface area contributed by atoms with Crippen molar-refractivity contribution >= 4 is 22.9 Å². The second-order valence-corrected chi connectivity index (χ2v) is 6.40. The predicted molar refractivity (Wildman–Crippen MR) is 85.3 cm³/mol. The number of likely N-dealkylation sites (N-methyl/N-ethyl adjacent to an activating group) is 1. The molecule has 1 aliphatic heterocycles. The summed E-state index contributed by atoms with van der Waals surface area (Å²) in [5.74, 6) is 0. The van der Waals surface area contributed by atoms with Crippen LogP contribution in [0.2, 0.25) is 5.02 Å². The molecule has 3 rings (SSSR count). The molecule has 106 valence electrons. The van der Waals surface area contributed by atoms with Crippen LogP contribution < -0.4 is 5.32 Å². The summed E-state index contributed by atoms with van der Waals surface area (Å²) in [5.41, 5.74) is 2.17. The summed E-state index contributed by atoms with van der Waals surface area (Å²) in [6, 6.07) is 8.51. The lowest BCUT2D eigenvalue weighted by Crippen LogP contribution is -2.29. The smallest absolute Gasteiger partial charge is 0.125 e. The Morgan fingerprint density at radius 1 is 1.45 bits per heavy atom. The van der Waals surface area contributed by atoms with Crippen molar-refractivity contribution < 1.29 is 0 Å². The highest BCUT2D eigenvalue weighted by Crippen LogP contribution is 2.30. The highest BCUT2D eigenvalue weighted by Gasteiger charge is 2.21. The van der Waals surface area contributed by atoms with E-state index in [1.54, 1.807) is 11.3 Å². The van der Waals surface area contributed by atoms with E-state index in [4.69, 9.17) is 16.6 Å². The highest BCUT2D eigenvalue weighted by molar-refractivity contribution is 7.13. The van der Waals surface area contributed by atoms with Crippen molar-refractivity contribution in [2.75, 3.05) is 20.1 Å². The van der Waals surface area contributed by atoms with Gasteiger partial charge in [0.1, 0.15) is 5.01 Å². The second kappa shape index (κ2) is 6.22. The maximum atomic E-state index is 6.22. The molecule has 0 radical (unpaired) electrons. The third-order valence-electron chi connectivity index (χ3n) is 3.72. The zero-order valence-corrected chi connectivity index (χ0v) is 13.0. The molecule has 0 saturated carbocycles. The maximum Gasteiger partial charge on any atom is 0.125 e. The normalized spacial score (nSPS) is 19.6. The topological polar surface area (TPSA) is 28.2 Å². The van der Waals surface area contributed by atoms with Crippen molar-refractivity contribution in [1.29, 1.82) is 0 Å². The van der Waals surface area contributed by atoms with E-state index in [-0.39, 0.29) is 0 Å². The lowest BCUT2D eigenvalue weighted by Gasteiger charge is -2.13. The van der Waals surface area contributed by atoms with Crippen LogP contribution in [0, 0.1) is 0 Å². The monoisotopic (exact) mass is 307 g/mol. The van der Waals surface area contributed by atoms with E-state index >= 15 is 0 Å². The third kappa shape index (κ3) is 3.04. The van der Waals surface area contributed by atoms with Crippen molar-refractivity contribution in [3.63, 3.8) is 0 Å². The molecule has 1 N–H and O–H groups in total. The van der Waals surface area contributed by atoms with Gasteiger partial charge in [-0.3, -0.25) is 4.90 Å². The Balaban J connectivity index is 1.70. The zero-order chi connectivity index (χ0) is 13.9. The van der Waals surface area contributed by atoms with Crippen molar-refractivity contribution in [2.24, 2.45) is 0 Å². The summed E-state index contributed by atoms with van der Waals surface area (Å²) in [4.78, 5) is 7.18. The fourth-order valence-electron chi connectivity index (χ4n) is 2.58. The molecule has 1 aliphatic rings. The standard InChI is InChI=1S/C15H18ClN3S/c1-17-11-6-7-19(8-11)9-12-10-20-15(18-12)13-4-2-3-5-14(13)16/h2-5,10-11,17H,6-9H2,1H3. The van der Waals surface area contributed by atoms with Gasteiger partial charge in [0, 0.05) is 36.6 Å². The van der Waals surface area contributed by atoms with Crippen molar-refractivity contribution in [2.45, 2.75) is 19.0 Å². The molecule has 0 amide bonds. The van der Waals surface area contributed by atoms with E-state index in [9.17, 15) is 0 Å². The molecule has 1 atom stereocenters. The van der Waals surface area contributed by atoms with Gasteiger partial charge in [-0.25, -0.2) is 4.98 Å². The lowest BCUT2D eigenvalue weighted by atomic mass is 10.2. The molecule has 0 bridgehead atoms. The van der Waals surface area contributed by atoms with Crippen LogP contribution in [0.4, 0.5) is 0 Å². The largest absolute Gasteiger partial charge is 0.316 e. The minimum absolute atomic E-state index is 0.622. The summed E-state index contributed by atoms with van der Waals surface area (Å²) >= 11 is 7.89. The molecule has 0 spiro atoms. The second-order valence-electron chi connectivity index (χ2n) is 5.13. The number of halogens is 1. The Kier molecular flexibility index (Phi) is 4.36. The van der Waals surface area contributed by atoms with Crippen LogP contribution in [0.25, 0.3) is 10.6 Å². The van der Waals surface area contributed by atoms with Crippen LogP contribution in [-0.2, 0) is 6.54 Å². The van der Waals surface area contributed by atoms with Gasteiger partial charge in [-0.15, -0.1) is 11.3 Å². The Morgan fingerprint density at radius 2 is 2.30 bits per heavy atom. The quantitative estimate of drug-likeness (QED) is 0.940. The SMILES string of the molecule is CNC1CCN(Cc2csc(-c3ccccc3Cl)n2)C1. The van der Waals surface area contributed by atoms with Crippen LogP contribution in [0.15, 0.2) is 29.6 Å². The van der Waals surface area contributed by atoms with Gasteiger partial charge in [-0.1, -0.05) is 29.8 Å². The molecule has 1 aromatic heterocycles. The van der Waals surface area contributed by atoms with Gasteiger partial charge >= 0.3 is 0 Å². The molecule has 3 nitrogen and oxygen atoms in total. The van der Waals surface area contributed by atoms with Crippen LogP contribution >= 0.6 is 22.9 Å². The van der Waals surface area contributed by atoms with E-state index in [0.717, 1.165) is 40.9 Å². The van der Waals surface area contributed by atoms with Gasteiger partial charge in [-0.05, 0) is 19.5 Å². The molecule has 1 unspecified atom stereocenters. The first-order valence-corrected chi connectivity index (χ1v) is 8.11. The number of thiazole rings is 1. The van der Waals surface area contributed by atoms with Crippen LogP contribution in [0.3, 0.4) is 0 Å². The minimum atomic E-state index is 0.622. The van der Waals surface area contributed by atoms with Gasteiger partial charge < -0.3 is 5.32 Å². The third-order valence-corrected chi connectivity index (χ3v) is 4.98. The van der Waals surface area contributed by atoms with E-state index in [0.29, 0.717) is 6.04 Å². The minimum Gasteiger partial charge on any atom is -0.316 e. The van der Waals surface area contributed by atoms with Gasteiger partial charge in [0.15, 0.2) is 0 Å². The molecular formula is C15H18ClN3S. The summed E-state index contributed by atoms with van der Waals surface area (Å²) in [5, 5.41) is 7.26. The summed E-state index contributed by atoms with van der Waals surface area (Å²) in [6.45, 7) is 3.18. The average Bonchev–Trinajstić information content (AvgIpc) is 3.09. The van der Waals surface area contributed by atoms with Crippen molar-refractivity contribution in [3.05, 3.63) is 40.4 Å². The Hall–Kier alpha value is -0.940. The lowest BCUT2D eigenvalue weighted by molar-refractivity contribution is 0.319. The van der Waals surface area contributed by atoms with Crippen LogP contribution in [-0.4, -0.2) is 36.1 Å². The van der Waals surface area contributed by atoms with E-state index in [1.807, 2.05) is 31.3 Å². The van der Waals surface area contributed by atoms with E-state index in [2.05, 4.69) is 15.6 Å². The molecule has 20 heavy (non-hydrogen) atoms. The number of hydrogen-bond donors (Lipinski definition) is 1. The first-order chi connectivity index (χ1) is 9.76. The number of likely N-dealkylation sites (tertiary alicyclic amines) is 1. The van der Waals surface area contributed by atoms with Gasteiger partial charge in [0.25, 0.3) is 0 Å². The molecule has 2 aromatic rings. The Morgan fingerprint density at radius 3 is 3.05 bits per heavy atom. The number of aromatic nitrogens is 1. The number of hydrogen-bond acceptors (Lipinski definition) is 4. The maximum absolute atomic E-state index is 6.22. The molecular weight excluding hydrogens is 290 g/mol. The van der Waals surface area contributed by atoms with E-state index < -0.39 is 0 Å². The number of nitrogens with zero attached hydrogens (tertiary/aromatic N) is 2. The zero-order valence-electron chi connectivity index (χ0n) is 11.5. The number of rotatable bonds is 4. The predicted octanol–water partition coefficient (Wildman–Crippen LogP) is 3.26. The van der Waals surface area contributed by atoms with Crippen molar-refractivity contribution in [3.8, 4) is 10.6 Å². The molecule has 0 aliphatic carbocycles. The average molecular weight is 308 g/mol.